The topological polar surface area (TPSA) is 60.5 Å². The van der Waals surface area contributed by atoms with E-state index in [1.165, 1.54) is 11.3 Å². The Balaban J connectivity index is 3.07. The Morgan fingerprint density at radius 3 is 2.25 bits per heavy atom. The Kier molecular flexibility index (Phi) is 2.42. The van der Waals surface area contributed by atoms with Crippen molar-refractivity contribution < 1.29 is 0 Å². The Bertz CT molecular complexity index is 333. The lowest BCUT2D eigenvalue weighted by atomic mass is 10.2. The molecule has 60 valence electrons. The van der Waals surface area contributed by atoms with Crippen LogP contribution in [-0.4, -0.2) is 4.98 Å². The highest BCUT2D eigenvalue weighted by atomic mass is 32.1. The predicted molar refractivity (Wildman–Crippen MR) is 45.6 cm³/mol. The standard InChI is InChI=1S/C8H7N3S/c1-5-6(2)12-8(11-5)7(3-9)4-10/h7H,1-2H3. The summed E-state index contributed by atoms with van der Waals surface area (Å²) >= 11 is 1.42. The number of aryl methyl sites for hydroxylation is 2. The molecule has 1 aromatic heterocycles. The van der Waals surface area contributed by atoms with Crippen molar-refractivity contribution in [2.24, 2.45) is 0 Å². The quantitative estimate of drug-likeness (QED) is 0.658. The Hall–Kier alpha value is -1.39. The molecule has 0 unspecified atom stereocenters. The van der Waals surface area contributed by atoms with Crippen LogP contribution in [0.2, 0.25) is 0 Å². The van der Waals surface area contributed by atoms with Crippen LogP contribution in [0.3, 0.4) is 0 Å². The lowest BCUT2D eigenvalue weighted by Gasteiger charge is -1.89. The molecule has 0 radical (unpaired) electrons. The molecule has 1 heterocycles. The highest BCUT2D eigenvalue weighted by Gasteiger charge is 2.14. The molecule has 0 atom stereocenters. The van der Waals surface area contributed by atoms with Gasteiger partial charge in [-0.3, -0.25) is 0 Å². The van der Waals surface area contributed by atoms with Crippen LogP contribution in [0.25, 0.3) is 0 Å². The zero-order valence-electron chi connectivity index (χ0n) is 6.83. The average Bonchev–Trinajstić information content (AvgIpc) is 2.35. The highest BCUT2D eigenvalue weighted by Crippen LogP contribution is 2.23. The lowest BCUT2D eigenvalue weighted by Crippen LogP contribution is -1.89. The number of aromatic nitrogens is 1. The molecule has 0 saturated heterocycles. The van der Waals surface area contributed by atoms with Gasteiger partial charge in [0.25, 0.3) is 0 Å². The molecule has 0 amide bonds. The van der Waals surface area contributed by atoms with Gasteiger partial charge in [0.2, 0.25) is 0 Å². The van der Waals surface area contributed by atoms with Crippen molar-refractivity contribution in [1.29, 1.82) is 10.5 Å². The van der Waals surface area contributed by atoms with E-state index in [1.54, 1.807) is 0 Å². The van der Waals surface area contributed by atoms with Gasteiger partial charge in [0.15, 0.2) is 5.92 Å². The fourth-order valence-electron chi connectivity index (χ4n) is 0.760. The smallest absolute Gasteiger partial charge is 0.184 e. The van der Waals surface area contributed by atoms with Gasteiger partial charge in [0.1, 0.15) is 5.01 Å². The molecule has 12 heavy (non-hydrogen) atoms. The second kappa shape index (κ2) is 3.34. The summed E-state index contributed by atoms with van der Waals surface area (Å²) in [4.78, 5) is 5.20. The lowest BCUT2D eigenvalue weighted by molar-refractivity contribution is 1.04. The summed E-state index contributed by atoms with van der Waals surface area (Å²) < 4.78 is 0. The molecule has 1 aromatic rings. The van der Waals surface area contributed by atoms with Crippen molar-refractivity contribution >= 4 is 11.3 Å². The molecule has 0 aromatic carbocycles. The van der Waals surface area contributed by atoms with Crippen LogP contribution in [0.5, 0.6) is 0 Å². The Morgan fingerprint density at radius 1 is 1.33 bits per heavy atom. The third-order valence-electron chi connectivity index (χ3n) is 1.55. The number of rotatable bonds is 1. The molecule has 0 fully saturated rings. The van der Waals surface area contributed by atoms with Crippen LogP contribution in [0.4, 0.5) is 0 Å². The first kappa shape index (κ1) is 8.70. The van der Waals surface area contributed by atoms with Gasteiger partial charge >= 0.3 is 0 Å². The number of hydrogen-bond acceptors (Lipinski definition) is 4. The Labute approximate surface area is 74.9 Å². The van der Waals surface area contributed by atoms with Gasteiger partial charge in [-0.1, -0.05) is 0 Å². The molecule has 1 rings (SSSR count). The van der Waals surface area contributed by atoms with Gasteiger partial charge in [-0.25, -0.2) is 4.98 Å². The largest absolute Gasteiger partial charge is 0.244 e. The fraction of sp³-hybridized carbons (Fsp3) is 0.375. The third kappa shape index (κ3) is 1.44. The van der Waals surface area contributed by atoms with Crippen LogP contribution < -0.4 is 0 Å². The zero-order chi connectivity index (χ0) is 9.14. The molecule has 0 saturated carbocycles. The van der Waals surface area contributed by atoms with Gasteiger partial charge in [-0.15, -0.1) is 11.3 Å². The van der Waals surface area contributed by atoms with Gasteiger partial charge in [-0.05, 0) is 13.8 Å². The minimum Gasteiger partial charge on any atom is -0.244 e. The maximum atomic E-state index is 8.57. The highest BCUT2D eigenvalue weighted by molar-refractivity contribution is 7.11. The van der Waals surface area contributed by atoms with Gasteiger partial charge in [0, 0.05) is 4.88 Å². The first-order valence-electron chi connectivity index (χ1n) is 3.42. The molecule has 0 aliphatic rings. The van der Waals surface area contributed by atoms with Crippen molar-refractivity contribution in [2.45, 2.75) is 19.8 Å². The molecule has 3 nitrogen and oxygen atoms in total. The van der Waals surface area contributed by atoms with E-state index in [-0.39, 0.29) is 0 Å². The van der Waals surface area contributed by atoms with E-state index in [0.29, 0.717) is 5.01 Å². The first-order chi connectivity index (χ1) is 5.69. The molecule has 4 heteroatoms. The minimum atomic E-state index is -0.706. The number of hydrogen-bond donors (Lipinski definition) is 0. The van der Waals surface area contributed by atoms with Crippen LogP contribution in [0.15, 0.2) is 0 Å². The zero-order valence-corrected chi connectivity index (χ0v) is 7.64. The van der Waals surface area contributed by atoms with E-state index in [9.17, 15) is 0 Å². The SMILES string of the molecule is Cc1nc(C(C#N)C#N)sc1C. The molecule has 0 aliphatic heterocycles. The van der Waals surface area contributed by atoms with Crippen molar-refractivity contribution in [1.82, 2.24) is 4.98 Å². The molecular formula is C8H7N3S. The van der Waals surface area contributed by atoms with Crippen LogP contribution in [0, 0.1) is 36.5 Å². The summed E-state index contributed by atoms with van der Waals surface area (Å²) in [6.45, 7) is 3.81. The first-order valence-corrected chi connectivity index (χ1v) is 4.24. The van der Waals surface area contributed by atoms with Crippen molar-refractivity contribution in [3.63, 3.8) is 0 Å². The molecular weight excluding hydrogens is 170 g/mol. The van der Waals surface area contributed by atoms with E-state index in [0.717, 1.165) is 10.6 Å². The Morgan fingerprint density at radius 2 is 1.92 bits per heavy atom. The van der Waals surface area contributed by atoms with E-state index in [2.05, 4.69) is 4.98 Å². The average molecular weight is 177 g/mol. The molecule has 0 aliphatic carbocycles. The van der Waals surface area contributed by atoms with Crippen LogP contribution >= 0.6 is 11.3 Å². The predicted octanol–water partition coefficient (Wildman–Crippen LogP) is 1.89. The summed E-state index contributed by atoms with van der Waals surface area (Å²) in [5.41, 5.74) is 0.908. The monoisotopic (exact) mass is 177 g/mol. The summed E-state index contributed by atoms with van der Waals surface area (Å²) in [5, 5.41) is 17.8. The summed E-state index contributed by atoms with van der Waals surface area (Å²) in [7, 11) is 0. The fourth-order valence-corrected chi connectivity index (χ4v) is 1.67. The minimum absolute atomic E-state index is 0.606. The summed E-state index contributed by atoms with van der Waals surface area (Å²) in [6.07, 6.45) is 0. The molecule has 0 spiro atoms. The number of thiazole rings is 1. The molecule has 0 N–H and O–H groups in total. The van der Waals surface area contributed by atoms with E-state index in [4.69, 9.17) is 10.5 Å². The maximum Gasteiger partial charge on any atom is 0.184 e. The van der Waals surface area contributed by atoms with Gasteiger partial charge < -0.3 is 0 Å². The molecule has 0 bridgehead atoms. The van der Waals surface area contributed by atoms with E-state index < -0.39 is 5.92 Å². The second-order valence-electron chi connectivity index (χ2n) is 2.38. The van der Waals surface area contributed by atoms with E-state index >= 15 is 0 Å². The van der Waals surface area contributed by atoms with E-state index in [1.807, 2.05) is 26.0 Å². The summed E-state index contributed by atoms with van der Waals surface area (Å²) in [6, 6.07) is 3.79. The van der Waals surface area contributed by atoms with Gasteiger partial charge in [-0.2, -0.15) is 10.5 Å². The third-order valence-corrected chi connectivity index (χ3v) is 2.69. The van der Waals surface area contributed by atoms with Crippen molar-refractivity contribution in [3.05, 3.63) is 15.6 Å². The van der Waals surface area contributed by atoms with Crippen molar-refractivity contribution in [3.8, 4) is 12.1 Å². The number of nitriles is 2. The normalized spacial score (nSPS) is 9.42. The maximum absolute atomic E-state index is 8.57. The van der Waals surface area contributed by atoms with Crippen LogP contribution in [0.1, 0.15) is 21.5 Å². The second-order valence-corrected chi connectivity index (χ2v) is 3.62. The van der Waals surface area contributed by atoms with Gasteiger partial charge in [0.05, 0.1) is 17.8 Å². The van der Waals surface area contributed by atoms with Crippen LogP contribution in [-0.2, 0) is 0 Å². The van der Waals surface area contributed by atoms with Crippen molar-refractivity contribution in [2.75, 3.05) is 0 Å². The number of nitrogens with zero attached hydrogens (tertiary/aromatic N) is 3. The summed E-state index contributed by atoms with van der Waals surface area (Å²) in [5.74, 6) is -0.706.